The van der Waals surface area contributed by atoms with Crippen LogP contribution in [0.5, 0.6) is 0 Å². The fraction of sp³-hybridized carbons (Fsp3) is 0.467. The third kappa shape index (κ3) is 4.07. The van der Waals surface area contributed by atoms with Gasteiger partial charge in [-0.3, -0.25) is 9.59 Å². The van der Waals surface area contributed by atoms with E-state index in [1.165, 1.54) is 43.1 Å². The molecule has 2 rings (SSSR count). The minimum absolute atomic E-state index is 0.0103. The minimum atomic E-state index is -0.343. The van der Waals surface area contributed by atoms with Gasteiger partial charge in [0.2, 0.25) is 0 Å². The van der Waals surface area contributed by atoms with E-state index in [0.717, 1.165) is 18.6 Å². The number of carbonyl (C=O) groups excluding carboxylic acids is 2. The highest BCUT2D eigenvalue weighted by atomic mass is 32.2. The largest absolute Gasteiger partial charge is 0.469 e. The monoisotopic (exact) mass is 296 g/mol. The fourth-order valence-corrected chi connectivity index (χ4v) is 3.28. The maximum Gasteiger partial charge on any atom is 0.306 e. The summed E-state index contributed by atoms with van der Waals surface area (Å²) in [6.45, 7) is 0. The van der Waals surface area contributed by atoms with E-state index in [4.69, 9.17) is 0 Å². The first kappa shape index (κ1) is 15.0. The number of hydrogen-bond acceptors (Lipinski definition) is 4. The average Bonchev–Trinajstić information content (AvgIpc) is 3.19. The van der Waals surface area contributed by atoms with Crippen molar-refractivity contribution in [2.75, 3.05) is 18.6 Å². The molecule has 5 heteroatoms. The van der Waals surface area contributed by atoms with Gasteiger partial charge in [-0.1, -0.05) is 0 Å². The number of rotatable bonds is 7. The van der Waals surface area contributed by atoms with Crippen LogP contribution in [0.25, 0.3) is 0 Å². The van der Waals surface area contributed by atoms with E-state index in [1.54, 1.807) is 0 Å². The lowest BCUT2D eigenvalue weighted by molar-refractivity contribution is -0.141. The Bertz CT molecular complexity index is 494. The maximum atomic E-state index is 12.8. The molecule has 1 aliphatic carbocycles. The number of ether oxygens (including phenoxy) is 1. The van der Waals surface area contributed by atoms with E-state index in [0.29, 0.717) is 17.7 Å². The van der Waals surface area contributed by atoms with Crippen LogP contribution >= 0.6 is 11.8 Å². The first-order chi connectivity index (χ1) is 9.54. The number of ketones is 1. The van der Waals surface area contributed by atoms with Crippen molar-refractivity contribution < 1.29 is 18.7 Å². The zero-order valence-corrected chi connectivity index (χ0v) is 12.2. The van der Waals surface area contributed by atoms with E-state index < -0.39 is 0 Å². The van der Waals surface area contributed by atoms with Crippen molar-refractivity contribution in [2.24, 2.45) is 5.41 Å². The van der Waals surface area contributed by atoms with Crippen molar-refractivity contribution >= 4 is 23.5 Å². The van der Waals surface area contributed by atoms with Crippen LogP contribution in [0.15, 0.2) is 24.3 Å². The Morgan fingerprint density at radius 1 is 1.30 bits per heavy atom. The molecule has 1 fully saturated rings. The fourth-order valence-electron chi connectivity index (χ4n) is 2.01. The first-order valence-corrected chi connectivity index (χ1v) is 7.63. The van der Waals surface area contributed by atoms with Crippen molar-refractivity contribution in [1.82, 2.24) is 0 Å². The van der Waals surface area contributed by atoms with E-state index in [9.17, 15) is 14.0 Å². The molecule has 1 aromatic rings. The average molecular weight is 296 g/mol. The van der Waals surface area contributed by atoms with Gasteiger partial charge in [0.15, 0.2) is 5.78 Å². The predicted octanol–water partition coefficient (Wildman–Crippen LogP) is 3.08. The Morgan fingerprint density at radius 3 is 2.50 bits per heavy atom. The molecule has 20 heavy (non-hydrogen) atoms. The Morgan fingerprint density at radius 2 is 1.95 bits per heavy atom. The van der Waals surface area contributed by atoms with Crippen LogP contribution in [0, 0.1) is 11.2 Å². The van der Waals surface area contributed by atoms with Crippen LogP contribution in [0.3, 0.4) is 0 Å². The quantitative estimate of drug-likeness (QED) is 0.573. The van der Waals surface area contributed by atoms with Gasteiger partial charge in [-0.25, -0.2) is 4.39 Å². The van der Waals surface area contributed by atoms with Crippen LogP contribution in [0.4, 0.5) is 4.39 Å². The van der Waals surface area contributed by atoms with Crippen molar-refractivity contribution in [1.29, 1.82) is 0 Å². The van der Waals surface area contributed by atoms with Crippen molar-refractivity contribution in [3.05, 3.63) is 35.6 Å². The van der Waals surface area contributed by atoms with Gasteiger partial charge in [0.1, 0.15) is 5.82 Å². The van der Waals surface area contributed by atoms with Gasteiger partial charge in [0.25, 0.3) is 0 Å². The summed E-state index contributed by atoms with van der Waals surface area (Å²) in [7, 11) is 1.39. The number of methoxy groups -OCH3 is 1. The Hall–Kier alpha value is -1.36. The predicted molar refractivity (Wildman–Crippen MR) is 76.4 cm³/mol. The standard InChI is InChI=1S/C15H17FO3S/c1-19-14(18)8-15(6-7-15)10-20-9-13(17)11-2-4-12(16)5-3-11/h2-5H,6-10H2,1H3. The highest BCUT2D eigenvalue weighted by Crippen LogP contribution is 2.51. The molecular weight excluding hydrogens is 279 g/mol. The van der Waals surface area contributed by atoms with Crippen molar-refractivity contribution in [2.45, 2.75) is 19.3 Å². The molecular formula is C15H17FO3S. The topological polar surface area (TPSA) is 43.4 Å². The summed E-state index contributed by atoms with van der Waals surface area (Å²) in [5.41, 5.74) is 0.553. The van der Waals surface area contributed by atoms with Crippen molar-refractivity contribution in [3.8, 4) is 0 Å². The molecule has 1 aromatic carbocycles. The first-order valence-electron chi connectivity index (χ1n) is 6.48. The number of halogens is 1. The minimum Gasteiger partial charge on any atom is -0.469 e. The smallest absolute Gasteiger partial charge is 0.306 e. The van der Waals surface area contributed by atoms with Crippen LogP contribution < -0.4 is 0 Å². The number of hydrogen-bond donors (Lipinski definition) is 0. The van der Waals surface area contributed by atoms with E-state index >= 15 is 0 Å². The summed E-state index contributed by atoms with van der Waals surface area (Å²) in [6.07, 6.45) is 2.46. The molecule has 0 bridgehead atoms. The van der Waals surface area contributed by atoms with Gasteiger partial charge >= 0.3 is 5.97 Å². The highest BCUT2D eigenvalue weighted by molar-refractivity contribution is 8.00. The Balaban J connectivity index is 1.77. The molecule has 0 aliphatic heterocycles. The lowest BCUT2D eigenvalue weighted by Crippen LogP contribution is -2.14. The Kier molecular flexibility index (Phi) is 4.81. The molecule has 0 radical (unpaired) electrons. The van der Waals surface area contributed by atoms with Gasteiger partial charge in [-0.05, 0) is 48.3 Å². The van der Waals surface area contributed by atoms with Gasteiger partial charge < -0.3 is 4.74 Å². The number of Topliss-reactive ketones (excluding diaryl/α,β-unsaturated/α-hetero) is 1. The third-order valence-electron chi connectivity index (χ3n) is 3.51. The zero-order valence-electron chi connectivity index (χ0n) is 11.4. The molecule has 1 aliphatic rings. The molecule has 3 nitrogen and oxygen atoms in total. The van der Waals surface area contributed by atoms with E-state index in [2.05, 4.69) is 4.74 Å². The summed E-state index contributed by atoms with van der Waals surface area (Å²) in [4.78, 5) is 23.2. The molecule has 1 saturated carbocycles. The molecule has 0 atom stereocenters. The summed E-state index contributed by atoms with van der Waals surface area (Å²) >= 11 is 1.53. The molecule has 0 N–H and O–H groups in total. The Labute approximate surface area is 121 Å². The lowest BCUT2D eigenvalue weighted by atomic mass is 10.1. The van der Waals surface area contributed by atoms with Crippen LogP contribution in [0.1, 0.15) is 29.6 Å². The van der Waals surface area contributed by atoms with Crippen molar-refractivity contribution in [3.63, 3.8) is 0 Å². The molecule has 0 amide bonds. The summed E-state index contributed by atoms with van der Waals surface area (Å²) in [5.74, 6) is 0.602. The van der Waals surface area contributed by atoms with E-state index in [1.807, 2.05) is 0 Å². The SMILES string of the molecule is COC(=O)CC1(CSCC(=O)c2ccc(F)cc2)CC1. The lowest BCUT2D eigenvalue weighted by Gasteiger charge is -2.12. The second-order valence-corrected chi connectivity index (χ2v) is 6.16. The second-order valence-electron chi connectivity index (χ2n) is 5.18. The van der Waals surface area contributed by atoms with Crippen LogP contribution in [-0.2, 0) is 9.53 Å². The van der Waals surface area contributed by atoms with E-state index in [-0.39, 0.29) is 23.0 Å². The van der Waals surface area contributed by atoms with Gasteiger partial charge in [0.05, 0.1) is 19.3 Å². The second kappa shape index (κ2) is 6.39. The number of thioether (sulfide) groups is 1. The molecule has 108 valence electrons. The van der Waals surface area contributed by atoms with Crippen LogP contribution in [-0.4, -0.2) is 30.4 Å². The number of esters is 1. The number of carbonyl (C=O) groups is 2. The summed E-state index contributed by atoms with van der Waals surface area (Å²) in [6, 6.07) is 5.58. The molecule has 0 aromatic heterocycles. The zero-order chi connectivity index (χ0) is 14.6. The van der Waals surface area contributed by atoms with Gasteiger partial charge in [-0.2, -0.15) is 11.8 Å². The molecule has 0 saturated heterocycles. The normalized spacial score (nSPS) is 15.7. The molecule has 0 unspecified atom stereocenters. The molecule has 0 spiro atoms. The van der Waals surface area contributed by atoms with Gasteiger partial charge in [-0.15, -0.1) is 0 Å². The summed E-state index contributed by atoms with van der Waals surface area (Å²) in [5, 5.41) is 0. The van der Waals surface area contributed by atoms with Gasteiger partial charge in [0, 0.05) is 5.56 Å². The highest BCUT2D eigenvalue weighted by Gasteiger charge is 2.44. The summed E-state index contributed by atoms with van der Waals surface area (Å²) < 4.78 is 17.4. The number of benzene rings is 1. The third-order valence-corrected chi connectivity index (χ3v) is 4.79. The molecule has 0 heterocycles. The van der Waals surface area contributed by atoms with Crippen LogP contribution in [0.2, 0.25) is 0 Å². The maximum absolute atomic E-state index is 12.8.